The highest BCUT2D eigenvalue weighted by Gasteiger charge is 2.31. The van der Waals surface area contributed by atoms with Crippen molar-refractivity contribution in [2.24, 2.45) is 5.92 Å². The van der Waals surface area contributed by atoms with Crippen LogP contribution in [-0.4, -0.2) is 32.5 Å². The highest BCUT2D eigenvalue weighted by Crippen LogP contribution is 2.22. The predicted molar refractivity (Wildman–Crippen MR) is 54.4 cm³/mol. The molecule has 2 unspecified atom stereocenters. The van der Waals surface area contributed by atoms with E-state index in [0.29, 0.717) is 11.5 Å². The first-order chi connectivity index (χ1) is 6.09. The molecular formula is C9H17NO2S. The van der Waals surface area contributed by atoms with Crippen LogP contribution in [0.1, 0.15) is 13.3 Å². The molecule has 1 rings (SSSR count). The van der Waals surface area contributed by atoms with Gasteiger partial charge in [0.15, 0.2) is 9.84 Å². The summed E-state index contributed by atoms with van der Waals surface area (Å²) in [6.45, 7) is 6.58. The molecule has 1 heterocycles. The van der Waals surface area contributed by atoms with Crippen molar-refractivity contribution in [2.45, 2.75) is 19.4 Å². The maximum Gasteiger partial charge on any atom is 0.150 e. The summed E-state index contributed by atoms with van der Waals surface area (Å²) >= 11 is 0. The van der Waals surface area contributed by atoms with Crippen LogP contribution in [0, 0.1) is 5.92 Å². The van der Waals surface area contributed by atoms with Gasteiger partial charge in [0.2, 0.25) is 0 Å². The van der Waals surface area contributed by atoms with E-state index in [2.05, 4.69) is 11.9 Å². The van der Waals surface area contributed by atoms with Crippen molar-refractivity contribution >= 4 is 9.84 Å². The summed E-state index contributed by atoms with van der Waals surface area (Å²) in [5.41, 5.74) is 0. The van der Waals surface area contributed by atoms with E-state index in [0.717, 1.165) is 13.0 Å². The maximum atomic E-state index is 11.2. The second-order valence-electron chi connectivity index (χ2n) is 3.48. The van der Waals surface area contributed by atoms with Crippen LogP contribution in [0.5, 0.6) is 0 Å². The molecule has 0 aromatic heterocycles. The van der Waals surface area contributed by atoms with E-state index < -0.39 is 9.84 Å². The summed E-state index contributed by atoms with van der Waals surface area (Å²) in [5, 5.41) is 3.23. The third kappa shape index (κ3) is 2.81. The van der Waals surface area contributed by atoms with Crippen LogP contribution in [0.2, 0.25) is 0 Å². The fraction of sp³-hybridized carbons (Fsp3) is 0.778. The lowest BCUT2D eigenvalue weighted by atomic mass is 9.99. The average molecular weight is 203 g/mol. The largest absolute Gasteiger partial charge is 0.310 e. The molecule has 13 heavy (non-hydrogen) atoms. The lowest BCUT2D eigenvalue weighted by Gasteiger charge is -2.18. The normalized spacial score (nSPS) is 28.5. The Hall–Kier alpha value is -0.350. The molecule has 0 bridgehead atoms. The van der Waals surface area contributed by atoms with Gasteiger partial charge in [-0.15, -0.1) is 6.58 Å². The number of hydrogen-bond acceptors (Lipinski definition) is 3. The molecule has 1 aliphatic rings. The maximum absolute atomic E-state index is 11.2. The molecule has 1 saturated heterocycles. The smallest absolute Gasteiger partial charge is 0.150 e. The fourth-order valence-electron chi connectivity index (χ4n) is 1.79. The first-order valence-corrected chi connectivity index (χ1v) is 6.47. The standard InChI is InChI=1S/C9H17NO2S/c1-3-9(10-4-2)8-5-6-13(11,12)7-8/h3,8-10H,1,4-7H2,2H3. The van der Waals surface area contributed by atoms with Crippen molar-refractivity contribution < 1.29 is 8.42 Å². The number of rotatable bonds is 4. The minimum Gasteiger partial charge on any atom is -0.310 e. The van der Waals surface area contributed by atoms with E-state index in [-0.39, 0.29) is 12.0 Å². The lowest BCUT2D eigenvalue weighted by Crippen LogP contribution is -2.34. The molecule has 0 aromatic carbocycles. The summed E-state index contributed by atoms with van der Waals surface area (Å²) in [7, 11) is -2.76. The molecule has 1 aliphatic heterocycles. The first-order valence-electron chi connectivity index (χ1n) is 4.65. The van der Waals surface area contributed by atoms with Gasteiger partial charge in [0.25, 0.3) is 0 Å². The van der Waals surface area contributed by atoms with Gasteiger partial charge in [-0.1, -0.05) is 13.0 Å². The molecule has 1 fully saturated rings. The van der Waals surface area contributed by atoms with Crippen LogP contribution in [0.25, 0.3) is 0 Å². The van der Waals surface area contributed by atoms with Gasteiger partial charge >= 0.3 is 0 Å². The molecule has 0 aliphatic carbocycles. The van der Waals surface area contributed by atoms with Crippen LogP contribution < -0.4 is 5.32 Å². The van der Waals surface area contributed by atoms with Crippen molar-refractivity contribution in [1.29, 1.82) is 0 Å². The molecule has 0 saturated carbocycles. The molecule has 3 nitrogen and oxygen atoms in total. The van der Waals surface area contributed by atoms with Crippen molar-refractivity contribution in [3.8, 4) is 0 Å². The number of sulfone groups is 1. The van der Waals surface area contributed by atoms with Gasteiger partial charge in [-0.2, -0.15) is 0 Å². The van der Waals surface area contributed by atoms with Crippen LogP contribution in [0.4, 0.5) is 0 Å². The molecule has 4 heteroatoms. The number of hydrogen-bond donors (Lipinski definition) is 1. The summed E-state index contributed by atoms with van der Waals surface area (Å²) in [4.78, 5) is 0. The zero-order chi connectivity index (χ0) is 9.90. The molecule has 2 atom stereocenters. The molecule has 0 amide bonds. The quantitative estimate of drug-likeness (QED) is 0.680. The summed E-state index contributed by atoms with van der Waals surface area (Å²) in [5.74, 6) is 0.881. The minimum absolute atomic E-state index is 0.155. The van der Waals surface area contributed by atoms with E-state index in [1.807, 2.05) is 13.0 Å². The number of likely N-dealkylation sites (N-methyl/N-ethyl adjacent to an activating group) is 1. The Balaban J connectivity index is 2.57. The van der Waals surface area contributed by atoms with E-state index >= 15 is 0 Å². The Morgan fingerprint density at radius 3 is 2.77 bits per heavy atom. The summed E-state index contributed by atoms with van der Waals surface area (Å²) in [6.07, 6.45) is 2.58. The highest BCUT2D eigenvalue weighted by atomic mass is 32.2. The Bertz CT molecular complexity index is 271. The van der Waals surface area contributed by atoms with E-state index in [9.17, 15) is 8.42 Å². The molecule has 1 N–H and O–H groups in total. The average Bonchev–Trinajstić information content (AvgIpc) is 2.42. The third-order valence-electron chi connectivity index (χ3n) is 2.47. The zero-order valence-electron chi connectivity index (χ0n) is 7.99. The Morgan fingerprint density at radius 1 is 1.69 bits per heavy atom. The second kappa shape index (κ2) is 4.24. The SMILES string of the molecule is C=CC(NCC)C1CCS(=O)(=O)C1. The van der Waals surface area contributed by atoms with Gasteiger partial charge in [0.1, 0.15) is 0 Å². The minimum atomic E-state index is -2.76. The van der Waals surface area contributed by atoms with Gasteiger partial charge in [0.05, 0.1) is 11.5 Å². The van der Waals surface area contributed by atoms with Crippen molar-refractivity contribution in [3.63, 3.8) is 0 Å². The Kier molecular flexibility index (Phi) is 3.50. The van der Waals surface area contributed by atoms with Crippen molar-refractivity contribution in [3.05, 3.63) is 12.7 Å². The lowest BCUT2D eigenvalue weighted by molar-refractivity contribution is 0.451. The summed E-state index contributed by atoms with van der Waals surface area (Å²) in [6, 6.07) is 0.155. The van der Waals surface area contributed by atoms with Gasteiger partial charge < -0.3 is 5.32 Å². The van der Waals surface area contributed by atoms with Gasteiger partial charge in [-0.3, -0.25) is 0 Å². The van der Waals surface area contributed by atoms with Gasteiger partial charge in [-0.25, -0.2) is 8.42 Å². The Labute approximate surface area is 80.1 Å². The summed E-state index contributed by atoms with van der Waals surface area (Å²) < 4.78 is 22.4. The van der Waals surface area contributed by atoms with Crippen LogP contribution in [0.15, 0.2) is 12.7 Å². The van der Waals surface area contributed by atoms with Gasteiger partial charge in [-0.05, 0) is 18.9 Å². The third-order valence-corrected chi connectivity index (χ3v) is 4.26. The predicted octanol–water partition coefficient (Wildman–Crippen LogP) is 0.585. The van der Waals surface area contributed by atoms with Crippen molar-refractivity contribution in [2.75, 3.05) is 18.1 Å². The molecule has 0 aromatic rings. The molecule has 0 radical (unpaired) electrons. The Morgan fingerprint density at radius 2 is 2.38 bits per heavy atom. The second-order valence-corrected chi connectivity index (χ2v) is 5.71. The van der Waals surface area contributed by atoms with Gasteiger partial charge in [0, 0.05) is 6.04 Å². The molecular weight excluding hydrogens is 186 g/mol. The monoisotopic (exact) mass is 203 g/mol. The van der Waals surface area contributed by atoms with Crippen LogP contribution in [0.3, 0.4) is 0 Å². The zero-order valence-corrected chi connectivity index (χ0v) is 8.81. The van der Waals surface area contributed by atoms with Crippen LogP contribution in [-0.2, 0) is 9.84 Å². The first kappa shape index (κ1) is 10.7. The highest BCUT2D eigenvalue weighted by molar-refractivity contribution is 7.91. The van der Waals surface area contributed by atoms with Crippen LogP contribution >= 0.6 is 0 Å². The van der Waals surface area contributed by atoms with E-state index in [4.69, 9.17) is 0 Å². The van der Waals surface area contributed by atoms with E-state index in [1.165, 1.54) is 0 Å². The topological polar surface area (TPSA) is 46.2 Å². The molecule has 76 valence electrons. The fourth-order valence-corrected chi connectivity index (χ4v) is 3.64. The molecule has 0 spiro atoms. The van der Waals surface area contributed by atoms with Crippen molar-refractivity contribution in [1.82, 2.24) is 5.32 Å². The number of nitrogens with one attached hydrogen (secondary N) is 1. The van der Waals surface area contributed by atoms with E-state index in [1.54, 1.807) is 0 Å².